The molecule has 1 aromatic rings. The van der Waals surface area contributed by atoms with Gasteiger partial charge in [-0.3, -0.25) is 0 Å². The van der Waals surface area contributed by atoms with Crippen molar-refractivity contribution in [3.63, 3.8) is 0 Å². The molecule has 0 aliphatic heterocycles. The van der Waals surface area contributed by atoms with Crippen LogP contribution in [0.15, 0.2) is 0 Å². The number of halogens is 5. The number of benzene rings is 1. The highest BCUT2D eigenvalue weighted by atomic mass is 35.5. The van der Waals surface area contributed by atoms with E-state index >= 15 is 0 Å². The fourth-order valence-electron chi connectivity index (χ4n) is 2.09. The van der Waals surface area contributed by atoms with Gasteiger partial charge in [0.2, 0.25) is 0 Å². The van der Waals surface area contributed by atoms with Gasteiger partial charge in [0, 0.05) is 6.54 Å². The van der Waals surface area contributed by atoms with Crippen molar-refractivity contribution in [2.24, 2.45) is 0 Å². The maximum absolute atomic E-state index is 6.09. The monoisotopic (exact) mass is 419 g/mol. The SMILES string of the molecule is CCCCCCCCNCCOc1c(Cl)c(Cl)c(Cl)c(Cl)c1Cl. The van der Waals surface area contributed by atoms with E-state index in [4.69, 9.17) is 62.7 Å². The van der Waals surface area contributed by atoms with E-state index in [0.717, 1.165) is 6.54 Å². The standard InChI is InChI=1S/C16H22Cl5NO/c1-2-3-4-5-6-7-8-22-9-10-23-16-14(20)12(18)11(17)13(19)15(16)21/h22H,2-10H2,1H3. The molecule has 2 nitrogen and oxygen atoms in total. The lowest BCUT2D eigenvalue weighted by atomic mass is 10.1. The van der Waals surface area contributed by atoms with E-state index in [2.05, 4.69) is 12.2 Å². The van der Waals surface area contributed by atoms with Crippen LogP contribution in [0, 0.1) is 0 Å². The van der Waals surface area contributed by atoms with Crippen molar-refractivity contribution < 1.29 is 4.74 Å². The van der Waals surface area contributed by atoms with Crippen molar-refractivity contribution in [3.05, 3.63) is 25.1 Å². The predicted octanol–water partition coefficient (Wildman–Crippen LogP) is 7.28. The number of hydrogen-bond acceptors (Lipinski definition) is 2. The van der Waals surface area contributed by atoms with Crippen molar-refractivity contribution in [3.8, 4) is 5.75 Å². The van der Waals surface area contributed by atoms with Crippen molar-refractivity contribution in [1.29, 1.82) is 0 Å². The third-order valence-corrected chi connectivity index (χ3v) is 5.64. The molecule has 132 valence electrons. The molecule has 0 heterocycles. The van der Waals surface area contributed by atoms with E-state index < -0.39 is 0 Å². The number of hydrogen-bond donors (Lipinski definition) is 1. The Labute approximate surface area is 163 Å². The van der Waals surface area contributed by atoms with Crippen LogP contribution in [-0.4, -0.2) is 19.7 Å². The molecule has 1 aromatic carbocycles. The van der Waals surface area contributed by atoms with E-state index in [1.165, 1.54) is 38.5 Å². The Bertz CT molecular complexity index is 467. The summed E-state index contributed by atoms with van der Waals surface area (Å²) in [7, 11) is 0. The largest absolute Gasteiger partial charge is 0.489 e. The Hall–Kier alpha value is 0.430. The molecule has 0 aliphatic carbocycles. The molecule has 1 rings (SSSR count). The van der Waals surface area contributed by atoms with Gasteiger partial charge in [0.05, 0.1) is 15.1 Å². The van der Waals surface area contributed by atoms with Crippen molar-refractivity contribution >= 4 is 58.0 Å². The fourth-order valence-corrected chi connectivity index (χ4v) is 3.32. The zero-order valence-electron chi connectivity index (χ0n) is 13.2. The van der Waals surface area contributed by atoms with Crippen LogP contribution >= 0.6 is 58.0 Å². The first-order valence-corrected chi connectivity index (χ1v) is 9.74. The van der Waals surface area contributed by atoms with Gasteiger partial charge in [-0.1, -0.05) is 97.0 Å². The summed E-state index contributed by atoms with van der Waals surface area (Å²) in [5, 5.41) is 4.13. The molecule has 0 spiro atoms. The maximum atomic E-state index is 6.09. The van der Waals surface area contributed by atoms with E-state index in [1.807, 2.05) is 0 Å². The molecule has 0 aliphatic rings. The molecule has 7 heteroatoms. The lowest BCUT2D eigenvalue weighted by Crippen LogP contribution is -2.22. The Morgan fingerprint density at radius 2 is 1.22 bits per heavy atom. The van der Waals surface area contributed by atoms with Crippen LogP contribution in [-0.2, 0) is 0 Å². The lowest BCUT2D eigenvalue weighted by Gasteiger charge is -2.14. The first kappa shape index (κ1) is 21.5. The molecular weight excluding hydrogens is 399 g/mol. The summed E-state index contributed by atoms with van der Waals surface area (Å²) < 4.78 is 5.59. The fraction of sp³-hybridized carbons (Fsp3) is 0.625. The highest BCUT2D eigenvalue weighted by molar-refractivity contribution is 6.55. The topological polar surface area (TPSA) is 21.3 Å². The van der Waals surface area contributed by atoms with Crippen LogP contribution in [0.25, 0.3) is 0 Å². The van der Waals surface area contributed by atoms with E-state index in [-0.39, 0.29) is 30.9 Å². The van der Waals surface area contributed by atoms with Gasteiger partial charge in [0.1, 0.15) is 16.7 Å². The zero-order valence-corrected chi connectivity index (χ0v) is 16.9. The second-order valence-electron chi connectivity index (χ2n) is 5.27. The minimum atomic E-state index is 0.136. The minimum Gasteiger partial charge on any atom is -0.489 e. The highest BCUT2D eigenvalue weighted by Gasteiger charge is 2.20. The molecule has 0 bridgehead atoms. The predicted molar refractivity (Wildman–Crippen MR) is 103 cm³/mol. The number of nitrogens with one attached hydrogen (secondary N) is 1. The second kappa shape index (κ2) is 11.9. The van der Waals surface area contributed by atoms with Gasteiger partial charge >= 0.3 is 0 Å². The van der Waals surface area contributed by atoms with Crippen LogP contribution in [0.1, 0.15) is 45.4 Å². The van der Waals surface area contributed by atoms with Gasteiger partial charge in [0.15, 0.2) is 5.75 Å². The third-order valence-electron chi connectivity index (χ3n) is 3.40. The molecule has 0 radical (unpaired) electrons. The van der Waals surface area contributed by atoms with Gasteiger partial charge < -0.3 is 10.1 Å². The van der Waals surface area contributed by atoms with Crippen LogP contribution in [0.3, 0.4) is 0 Å². The Morgan fingerprint density at radius 1 is 0.696 bits per heavy atom. The quantitative estimate of drug-likeness (QED) is 0.230. The third kappa shape index (κ3) is 7.05. The van der Waals surface area contributed by atoms with Crippen molar-refractivity contribution in [2.75, 3.05) is 19.7 Å². The highest BCUT2D eigenvalue weighted by Crippen LogP contribution is 2.48. The van der Waals surface area contributed by atoms with Crippen molar-refractivity contribution in [1.82, 2.24) is 5.32 Å². The van der Waals surface area contributed by atoms with E-state index in [9.17, 15) is 0 Å². The minimum absolute atomic E-state index is 0.136. The summed E-state index contributed by atoms with van der Waals surface area (Å²) in [6.07, 6.45) is 7.67. The average molecular weight is 422 g/mol. The van der Waals surface area contributed by atoms with E-state index in [1.54, 1.807) is 0 Å². The lowest BCUT2D eigenvalue weighted by molar-refractivity contribution is 0.314. The summed E-state index contributed by atoms with van der Waals surface area (Å²) in [6, 6.07) is 0. The first-order valence-electron chi connectivity index (χ1n) is 7.85. The Morgan fingerprint density at radius 3 is 1.83 bits per heavy atom. The summed E-state index contributed by atoms with van der Waals surface area (Å²) in [4.78, 5) is 0. The molecule has 1 N–H and O–H groups in total. The van der Waals surface area contributed by atoms with Gasteiger partial charge in [-0.05, 0) is 13.0 Å². The summed E-state index contributed by atoms with van der Waals surface area (Å²) in [6.45, 7) is 4.31. The molecule has 0 atom stereocenters. The molecule has 0 amide bonds. The summed E-state index contributed by atoms with van der Waals surface area (Å²) >= 11 is 30.1. The Kier molecular flexibility index (Phi) is 11.1. The molecule has 0 saturated carbocycles. The number of unbranched alkanes of at least 4 members (excludes halogenated alkanes) is 5. The summed E-state index contributed by atoms with van der Waals surface area (Å²) in [5.41, 5.74) is 0. The molecule has 0 unspecified atom stereocenters. The summed E-state index contributed by atoms with van der Waals surface area (Å²) in [5.74, 6) is 0.272. The van der Waals surface area contributed by atoms with Crippen LogP contribution in [0.2, 0.25) is 25.1 Å². The van der Waals surface area contributed by atoms with Gasteiger partial charge in [-0.25, -0.2) is 0 Å². The molecule has 0 saturated heterocycles. The van der Waals surface area contributed by atoms with Gasteiger partial charge in [-0.2, -0.15) is 0 Å². The molecular formula is C16H22Cl5NO. The first-order chi connectivity index (χ1) is 11.0. The number of ether oxygens (including phenoxy) is 1. The van der Waals surface area contributed by atoms with Crippen LogP contribution in [0.4, 0.5) is 0 Å². The normalized spacial score (nSPS) is 11.0. The smallest absolute Gasteiger partial charge is 0.159 e. The zero-order chi connectivity index (χ0) is 17.2. The molecule has 0 aromatic heterocycles. The van der Waals surface area contributed by atoms with Crippen LogP contribution < -0.4 is 10.1 Å². The number of rotatable bonds is 11. The maximum Gasteiger partial charge on any atom is 0.159 e. The van der Waals surface area contributed by atoms with Gasteiger partial charge in [-0.15, -0.1) is 0 Å². The molecule has 23 heavy (non-hydrogen) atoms. The Balaban J connectivity index is 2.27. The average Bonchev–Trinajstić information content (AvgIpc) is 2.55. The van der Waals surface area contributed by atoms with E-state index in [0.29, 0.717) is 13.2 Å². The second-order valence-corrected chi connectivity index (χ2v) is 7.16. The molecule has 0 fully saturated rings. The van der Waals surface area contributed by atoms with Crippen LogP contribution in [0.5, 0.6) is 5.75 Å². The van der Waals surface area contributed by atoms with Gasteiger partial charge in [0.25, 0.3) is 0 Å². The van der Waals surface area contributed by atoms with Crippen molar-refractivity contribution in [2.45, 2.75) is 45.4 Å².